The van der Waals surface area contributed by atoms with Crippen molar-refractivity contribution in [3.05, 3.63) is 23.9 Å². The van der Waals surface area contributed by atoms with Crippen molar-refractivity contribution in [3.8, 4) is 11.8 Å². The summed E-state index contributed by atoms with van der Waals surface area (Å²) >= 11 is 0. The van der Waals surface area contributed by atoms with Gasteiger partial charge >= 0.3 is 6.03 Å². The summed E-state index contributed by atoms with van der Waals surface area (Å²) in [7, 11) is 0. The molecule has 2 heterocycles. The van der Waals surface area contributed by atoms with Crippen molar-refractivity contribution in [2.75, 3.05) is 25.0 Å². The number of carbonyl (C=O) groups is 1. The second kappa shape index (κ2) is 6.92. The highest BCUT2D eigenvalue weighted by Gasteiger charge is 2.20. The molecule has 0 bridgehead atoms. The zero-order valence-electron chi connectivity index (χ0n) is 11.6. The molecule has 2 rings (SSSR count). The number of carbonyl (C=O) groups excluding carboxylic acids is 1. The summed E-state index contributed by atoms with van der Waals surface area (Å²) in [5.41, 5.74) is 0.531. The molecule has 2 N–H and O–H groups in total. The van der Waals surface area contributed by atoms with E-state index in [0.29, 0.717) is 17.4 Å². The van der Waals surface area contributed by atoms with Gasteiger partial charge in [0.1, 0.15) is 18.1 Å². The lowest BCUT2D eigenvalue weighted by molar-refractivity contribution is 0.182. The standard InChI is InChI=1S/C15H19N3O2/c1-12-5-3-9-18(11-12)15(20)17-14-8-2-6-13(16-14)7-4-10-19/h2,6,8,12,19H,3,5,9-11H2,1H3,(H,16,17,20). The zero-order valence-corrected chi connectivity index (χ0v) is 11.6. The Bertz CT molecular complexity index is 533. The number of hydrogen-bond acceptors (Lipinski definition) is 3. The van der Waals surface area contributed by atoms with Crippen molar-refractivity contribution in [2.24, 2.45) is 5.92 Å². The van der Waals surface area contributed by atoms with Gasteiger partial charge in [-0.15, -0.1) is 0 Å². The van der Waals surface area contributed by atoms with Crippen molar-refractivity contribution in [1.82, 2.24) is 9.88 Å². The van der Waals surface area contributed by atoms with E-state index in [1.165, 1.54) is 6.42 Å². The van der Waals surface area contributed by atoms with Gasteiger partial charge in [0.2, 0.25) is 0 Å². The van der Waals surface area contributed by atoms with Gasteiger partial charge in [0.05, 0.1) is 0 Å². The van der Waals surface area contributed by atoms with Crippen LogP contribution in [0.25, 0.3) is 0 Å². The Balaban J connectivity index is 2.00. The Morgan fingerprint density at radius 3 is 3.20 bits per heavy atom. The molecule has 5 heteroatoms. The van der Waals surface area contributed by atoms with Crippen molar-refractivity contribution in [3.63, 3.8) is 0 Å². The summed E-state index contributed by atoms with van der Waals surface area (Å²) in [6.45, 7) is 3.53. The first-order valence-electron chi connectivity index (χ1n) is 6.82. The summed E-state index contributed by atoms with van der Waals surface area (Å²) in [6, 6.07) is 5.13. The van der Waals surface area contributed by atoms with Crippen LogP contribution in [0.3, 0.4) is 0 Å². The molecule has 0 aliphatic carbocycles. The van der Waals surface area contributed by atoms with Crippen LogP contribution >= 0.6 is 0 Å². The van der Waals surface area contributed by atoms with E-state index in [1.807, 2.05) is 4.90 Å². The number of nitrogens with zero attached hydrogens (tertiary/aromatic N) is 2. The number of aliphatic hydroxyl groups is 1. The first-order chi connectivity index (χ1) is 9.69. The fraction of sp³-hybridized carbons (Fsp3) is 0.467. The van der Waals surface area contributed by atoms with Crippen LogP contribution in [0.1, 0.15) is 25.5 Å². The van der Waals surface area contributed by atoms with Crippen LogP contribution in [-0.4, -0.2) is 40.7 Å². The van der Waals surface area contributed by atoms with Crippen LogP contribution in [0.2, 0.25) is 0 Å². The van der Waals surface area contributed by atoms with Gasteiger partial charge in [-0.1, -0.05) is 18.9 Å². The van der Waals surface area contributed by atoms with Gasteiger partial charge < -0.3 is 10.0 Å². The van der Waals surface area contributed by atoms with Gasteiger partial charge in [-0.3, -0.25) is 5.32 Å². The van der Waals surface area contributed by atoms with E-state index in [0.717, 1.165) is 19.5 Å². The first-order valence-corrected chi connectivity index (χ1v) is 6.82. The number of hydrogen-bond donors (Lipinski definition) is 2. The maximum atomic E-state index is 12.1. The molecule has 5 nitrogen and oxygen atoms in total. The molecule has 0 saturated carbocycles. The average molecular weight is 273 g/mol. The summed E-state index contributed by atoms with van der Waals surface area (Å²) < 4.78 is 0. The van der Waals surface area contributed by atoms with Crippen LogP contribution in [-0.2, 0) is 0 Å². The number of pyridine rings is 1. The molecule has 2 amide bonds. The highest BCUT2D eigenvalue weighted by molar-refractivity contribution is 5.88. The fourth-order valence-corrected chi connectivity index (χ4v) is 2.27. The molecule has 0 aromatic carbocycles. The molecule has 0 radical (unpaired) electrons. The maximum Gasteiger partial charge on any atom is 0.323 e. The normalized spacial score (nSPS) is 18.1. The number of aliphatic hydroxyl groups excluding tert-OH is 1. The first kappa shape index (κ1) is 14.4. The summed E-state index contributed by atoms with van der Waals surface area (Å²) in [5, 5.41) is 11.5. The SMILES string of the molecule is CC1CCCN(C(=O)Nc2cccc(C#CCO)n2)C1. The van der Waals surface area contributed by atoms with Gasteiger partial charge in [-0.25, -0.2) is 9.78 Å². The summed E-state index contributed by atoms with van der Waals surface area (Å²) in [5.74, 6) is 6.28. The number of piperidine rings is 1. The number of urea groups is 1. The van der Waals surface area contributed by atoms with Gasteiger partial charge in [0.25, 0.3) is 0 Å². The van der Waals surface area contributed by atoms with Crippen LogP contribution in [0.15, 0.2) is 18.2 Å². The van der Waals surface area contributed by atoms with E-state index in [9.17, 15) is 4.79 Å². The van der Waals surface area contributed by atoms with Gasteiger partial charge in [-0.2, -0.15) is 0 Å². The number of nitrogens with one attached hydrogen (secondary N) is 1. The Hall–Kier alpha value is -2.06. The number of amides is 2. The van der Waals surface area contributed by atoms with Crippen LogP contribution in [0, 0.1) is 17.8 Å². The van der Waals surface area contributed by atoms with Gasteiger partial charge in [0.15, 0.2) is 0 Å². The molecule has 106 valence electrons. The Kier molecular flexibility index (Phi) is 4.97. The molecule has 1 aliphatic rings. The van der Waals surface area contributed by atoms with Crippen LogP contribution in [0.4, 0.5) is 10.6 Å². The predicted octanol–water partition coefficient (Wildman–Crippen LogP) is 1.69. The highest BCUT2D eigenvalue weighted by Crippen LogP contribution is 2.16. The second-order valence-electron chi connectivity index (χ2n) is 4.99. The largest absolute Gasteiger partial charge is 0.384 e. The average Bonchev–Trinajstić information content (AvgIpc) is 2.45. The molecular formula is C15H19N3O2. The topological polar surface area (TPSA) is 65.5 Å². The van der Waals surface area contributed by atoms with Gasteiger partial charge in [-0.05, 0) is 36.8 Å². The lowest BCUT2D eigenvalue weighted by atomic mass is 10.0. The minimum atomic E-state index is -0.204. The monoisotopic (exact) mass is 273 g/mol. The Labute approximate surface area is 119 Å². The third-order valence-corrected chi connectivity index (χ3v) is 3.22. The van der Waals surface area contributed by atoms with E-state index in [1.54, 1.807) is 18.2 Å². The van der Waals surface area contributed by atoms with E-state index in [4.69, 9.17) is 5.11 Å². The van der Waals surface area contributed by atoms with Gasteiger partial charge in [0, 0.05) is 13.1 Å². The Morgan fingerprint density at radius 2 is 2.45 bits per heavy atom. The molecule has 20 heavy (non-hydrogen) atoms. The van der Waals surface area contributed by atoms with Crippen LogP contribution in [0.5, 0.6) is 0 Å². The zero-order chi connectivity index (χ0) is 14.4. The third kappa shape index (κ3) is 3.97. The number of likely N-dealkylation sites (tertiary alicyclic amines) is 1. The molecule has 0 spiro atoms. The molecule has 1 atom stereocenters. The van der Waals surface area contributed by atoms with Crippen molar-refractivity contribution in [1.29, 1.82) is 0 Å². The fourth-order valence-electron chi connectivity index (χ4n) is 2.27. The minimum Gasteiger partial charge on any atom is -0.384 e. The quantitative estimate of drug-likeness (QED) is 0.765. The van der Waals surface area contributed by atoms with Crippen LogP contribution < -0.4 is 5.32 Å². The lowest BCUT2D eigenvalue weighted by Crippen LogP contribution is -2.41. The van der Waals surface area contributed by atoms with Crippen molar-refractivity contribution >= 4 is 11.8 Å². The number of anilines is 1. The Morgan fingerprint density at radius 1 is 1.60 bits per heavy atom. The molecule has 1 aromatic rings. The second-order valence-corrected chi connectivity index (χ2v) is 4.99. The molecule has 1 saturated heterocycles. The smallest absolute Gasteiger partial charge is 0.323 e. The maximum absolute atomic E-state index is 12.1. The summed E-state index contributed by atoms with van der Waals surface area (Å²) in [4.78, 5) is 18.2. The molecule has 1 aliphatic heterocycles. The number of rotatable bonds is 1. The van der Waals surface area contributed by atoms with E-state index >= 15 is 0 Å². The van der Waals surface area contributed by atoms with E-state index < -0.39 is 0 Å². The highest BCUT2D eigenvalue weighted by atomic mass is 16.2. The molecule has 1 fully saturated rings. The predicted molar refractivity (Wildman–Crippen MR) is 77.2 cm³/mol. The summed E-state index contributed by atoms with van der Waals surface area (Å²) in [6.07, 6.45) is 2.22. The molecular weight excluding hydrogens is 254 g/mol. The lowest BCUT2D eigenvalue weighted by Gasteiger charge is -2.30. The van der Waals surface area contributed by atoms with Crippen molar-refractivity contribution in [2.45, 2.75) is 19.8 Å². The van der Waals surface area contributed by atoms with Crippen molar-refractivity contribution < 1.29 is 9.90 Å². The van der Waals surface area contributed by atoms with E-state index in [2.05, 4.69) is 29.1 Å². The van der Waals surface area contributed by atoms with E-state index in [-0.39, 0.29) is 12.6 Å². The molecule has 1 aromatic heterocycles. The third-order valence-electron chi connectivity index (χ3n) is 3.22. The minimum absolute atomic E-state index is 0.115. The molecule has 1 unspecified atom stereocenters. The number of aromatic nitrogens is 1.